The monoisotopic (exact) mass is 557 g/mol. The summed E-state index contributed by atoms with van der Waals surface area (Å²) >= 11 is 6.44. The number of rotatable bonds is 10. The molecule has 206 valence electrons. The average molecular weight is 558 g/mol. The largest absolute Gasteiger partial charge is 0.431 e. The molecule has 38 heavy (non-hydrogen) atoms. The minimum absolute atomic E-state index is 0.0113. The summed E-state index contributed by atoms with van der Waals surface area (Å²) in [5.74, 6) is 0. The van der Waals surface area contributed by atoms with Gasteiger partial charge in [-0.15, -0.1) is 0 Å². The van der Waals surface area contributed by atoms with Crippen molar-refractivity contribution in [1.82, 2.24) is 10.2 Å². The molecule has 2 aromatic rings. The topological polar surface area (TPSA) is 27.3 Å². The fraction of sp³-hybridized carbons (Fsp3) is 0.286. The van der Waals surface area contributed by atoms with E-state index >= 15 is 0 Å². The van der Waals surface area contributed by atoms with Crippen molar-refractivity contribution in [3.8, 4) is 0 Å². The molecule has 2 rings (SSSR count). The van der Waals surface area contributed by atoms with Gasteiger partial charge in [-0.3, -0.25) is 0 Å². The van der Waals surface area contributed by atoms with Crippen LogP contribution in [0.25, 0.3) is 11.4 Å². The highest BCUT2D eigenvalue weighted by atomic mass is 35.5. The zero-order valence-corrected chi connectivity index (χ0v) is 22.3. The first-order chi connectivity index (χ1) is 17.4. The second-order valence-corrected chi connectivity index (χ2v) is 9.51. The van der Waals surface area contributed by atoms with Gasteiger partial charge in [-0.1, -0.05) is 55.6 Å². The minimum Gasteiger partial charge on any atom is -0.383 e. The van der Waals surface area contributed by atoms with Gasteiger partial charge in [0.15, 0.2) is 0 Å². The molecule has 2 N–H and O–H groups in total. The second-order valence-electron chi connectivity index (χ2n) is 9.10. The lowest BCUT2D eigenvalue weighted by Crippen LogP contribution is -2.29. The van der Waals surface area contributed by atoms with Crippen LogP contribution in [-0.2, 0) is 6.54 Å². The molecule has 0 aromatic heterocycles. The van der Waals surface area contributed by atoms with Gasteiger partial charge < -0.3 is 15.5 Å². The Balaban J connectivity index is 2.28. The van der Waals surface area contributed by atoms with Crippen LogP contribution in [0, 0.1) is 6.92 Å². The molecule has 0 heterocycles. The molecule has 0 aliphatic heterocycles. The molecule has 0 saturated heterocycles. The van der Waals surface area contributed by atoms with E-state index in [2.05, 4.69) is 30.4 Å². The molecule has 0 aliphatic rings. The van der Waals surface area contributed by atoms with Gasteiger partial charge in [0.25, 0.3) is 0 Å². The molecular weight excluding hydrogens is 528 g/mol. The van der Waals surface area contributed by atoms with E-state index in [1.54, 1.807) is 37.3 Å². The van der Waals surface area contributed by atoms with Crippen LogP contribution in [0.3, 0.4) is 0 Å². The van der Waals surface area contributed by atoms with Crippen molar-refractivity contribution in [2.75, 3.05) is 12.4 Å². The maximum absolute atomic E-state index is 13.5. The Bertz CT molecular complexity index is 1240. The van der Waals surface area contributed by atoms with E-state index < -0.39 is 23.6 Å². The van der Waals surface area contributed by atoms with Crippen molar-refractivity contribution >= 4 is 28.7 Å². The van der Waals surface area contributed by atoms with E-state index in [0.29, 0.717) is 49.3 Å². The standard InChI is InChI=1S/C28H30ClF6N3/c1-16(2)36-20(6)26-22(9-8-10-23(26)29)19(5)37-24-12-11-21(13-17(24)3)15-38(7)25(28(33,34)35)14-18(4)27(30,31)32/h8-14,16,36-37H,4-6,15H2,1-3,7H3/b25-14-. The zero-order chi connectivity index (χ0) is 29.0. The normalized spacial score (nSPS) is 12.4. The smallest absolute Gasteiger partial charge is 0.383 e. The average Bonchev–Trinajstić information content (AvgIpc) is 2.76. The molecule has 0 atom stereocenters. The number of allylic oxidation sites excluding steroid dienone is 3. The number of hydrogen-bond acceptors (Lipinski definition) is 3. The third-order valence-electron chi connectivity index (χ3n) is 5.48. The Kier molecular flexibility index (Phi) is 9.77. The van der Waals surface area contributed by atoms with E-state index in [9.17, 15) is 26.3 Å². The fourth-order valence-electron chi connectivity index (χ4n) is 3.71. The van der Waals surface area contributed by atoms with E-state index in [4.69, 9.17) is 11.6 Å². The van der Waals surface area contributed by atoms with Gasteiger partial charge in [-0.25, -0.2) is 0 Å². The SMILES string of the molecule is C=C(Nc1ccc(CN(C)/C(=C\C(=C)C(F)(F)F)C(F)(F)F)cc1C)c1cccc(Cl)c1C(=C)NC(C)C. The van der Waals surface area contributed by atoms with Crippen LogP contribution in [0.4, 0.5) is 32.0 Å². The molecule has 2 aromatic carbocycles. The van der Waals surface area contributed by atoms with Crippen molar-refractivity contribution in [2.45, 2.75) is 45.7 Å². The number of hydrogen-bond donors (Lipinski definition) is 2. The summed E-state index contributed by atoms with van der Waals surface area (Å²) < 4.78 is 78.9. The molecule has 0 radical (unpaired) electrons. The van der Waals surface area contributed by atoms with Gasteiger partial charge in [-0.05, 0) is 50.1 Å². The molecule has 0 spiro atoms. The molecule has 0 saturated carbocycles. The first kappa shape index (κ1) is 30.9. The molecule has 0 bridgehead atoms. The first-order valence-electron chi connectivity index (χ1n) is 11.5. The number of benzene rings is 2. The van der Waals surface area contributed by atoms with Crippen LogP contribution < -0.4 is 10.6 Å². The van der Waals surface area contributed by atoms with Gasteiger partial charge in [-0.2, -0.15) is 26.3 Å². The second kappa shape index (κ2) is 12.0. The van der Waals surface area contributed by atoms with Gasteiger partial charge in [0.1, 0.15) is 5.70 Å². The third-order valence-corrected chi connectivity index (χ3v) is 5.79. The van der Waals surface area contributed by atoms with Crippen molar-refractivity contribution in [3.05, 3.63) is 101 Å². The number of alkyl halides is 6. The van der Waals surface area contributed by atoms with Crippen LogP contribution in [0.2, 0.25) is 5.02 Å². The summed E-state index contributed by atoms with van der Waals surface area (Å²) in [6, 6.07) is 10.4. The predicted octanol–water partition coefficient (Wildman–Crippen LogP) is 8.70. The van der Waals surface area contributed by atoms with Crippen LogP contribution in [-0.4, -0.2) is 30.3 Å². The maximum atomic E-state index is 13.5. The van der Waals surface area contributed by atoms with E-state index in [0.717, 1.165) is 7.05 Å². The lowest BCUT2D eigenvalue weighted by atomic mass is 10.0. The third kappa shape index (κ3) is 8.08. The number of anilines is 1. The summed E-state index contributed by atoms with van der Waals surface area (Å²) in [6.07, 6.45) is -9.96. The van der Waals surface area contributed by atoms with E-state index in [1.807, 2.05) is 19.9 Å². The van der Waals surface area contributed by atoms with Crippen LogP contribution in [0.5, 0.6) is 0 Å². The zero-order valence-electron chi connectivity index (χ0n) is 21.5. The molecule has 0 aliphatic carbocycles. The highest BCUT2D eigenvalue weighted by Crippen LogP contribution is 2.34. The maximum Gasteiger partial charge on any atom is 0.431 e. The summed E-state index contributed by atoms with van der Waals surface area (Å²) in [6.45, 7) is 16.3. The quantitative estimate of drug-likeness (QED) is 0.226. The minimum atomic E-state index is -5.00. The van der Waals surface area contributed by atoms with E-state index in [1.165, 1.54) is 0 Å². The number of aryl methyl sites for hydroxylation is 1. The first-order valence-corrected chi connectivity index (χ1v) is 11.9. The van der Waals surface area contributed by atoms with Crippen LogP contribution in [0.1, 0.15) is 36.1 Å². The molecule has 0 fully saturated rings. The van der Waals surface area contributed by atoms with Gasteiger partial charge in [0.05, 0.1) is 10.6 Å². The lowest BCUT2D eigenvalue weighted by Gasteiger charge is -2.26. The Hall–Kier alpha value is -3.33. The summed E-state index contributed by atoms with van der Waals surface area (Å²) in [5, 5.41) is 6.93. The van der Waals surface area contributed by atoms with Crippen molar-refractivity contribution in [3.63, 3.8) is 0 Å². The highest BCUT2D eigenvalue weighted by molar-refractivity contribution is 6.32. The number of nitrogens with zero attached hydrogens (tertiary/aromatic N) is 1. The Morgan fingerprint density at radius 1 is 1.00 bits per heavy atom. The van der Waals surface area contributed by atoms with Gasteiger partial charge >= 0.3 is 12.4 Å². The summed E-state index contributed by atoms with van der Waals surface area (Å²) in [5.41, 5.74) is 1.31. The van der Waals surface area contributed by atoms with Crippen molar-refractivity contribution < 1.29 is 26.3 Å². The highest BCUT2D eigenvalue weighted by Gasteiger charge is 2.39. The van der Waals surface area contributed by atoms with Crippen LogP contribution in [0.15, 0.2) is 73.5 Å². The Labute approximate surface area is 224 Å². The van der Waals surface area contributed by atoms with Crippen molar-refractivity contribution in [2.24, 2.45) is 0 Å². The summed E-state index contributed by atoms with van der Waals surface area (Å²) in [7, 11) is 1.07. The number of halogens is 7. The van der Waals surface area contributed by atoms with Crippen LogP contribution >= 0.6 is 11.6 Å². The molecule has 10 heteroatoms. The molecule has 0 unspecified atom stereocenters. The fourth-order valence-corrected chi connectivity index (χ4v) is 4.00. The van der Waals surface area contributed by atoms with Gasteiger partial charge in [0.2, 0.25) is 0 Å². The predicted molar refractivity (Wildman–Crippen MR) is 143 cm³/mol. The van der Waals surface area contributed by atoms with Crippen molar-refractivity contribution in [1.29, 1.82) is 0 Å². The van der Waals surface area contributed by atoms with Gasteiger partial charge in [0, 0.05) is 47.8 Å². The Morgan fingerprint density at radius 2 is 1.63 bits per heavy atom. The number of nitrogens with one attached hydrogen (secondary N) is 2. The molecule has 3 nitrogen and oxygen atoms in total. The molecular formula is C28H30ClF6N3. The Morgan fingerprint density at radius 3 is 2.16 bits per heavy atom. The lowest BCUT2D eigenvalue weighted by molar-refractivity contribution is -0.111. The summed E-state index contributed by atoms with van der Waals surface area (Å²) in [4.78, 5) is 0.712. The van der Waals surface area contributed by atoms with E-state index in [-0.39, 0.29) is 18.7 Å². The molecule has 0 amide bonds.